The maximum absolute atomic E-state index is 12.0. The van der Waals surface area contributed by atoms with E-state index in [4.69, 9.17) is 5.73 Å². The Kier molecular flexibility index (Phi) is 5.35. The minimum atomic E-state index is -3.18. The van der Waals surface area contributed by atoms with Crippen LogP contribution in [0.4, 0.5) is 5.69 Å². The van der Waals surface area contributed by atoms with E-state index in [9.17, 15) is 8.42 Å². The van der Waals surface area contributed by atoms with E-state index in [1.807, 2.05) is 31.2 Å². The summed E-state index contributed by atoms with van der Waals surface area (Å²) in [6.07, 6.45) is 3.51. The average Bonchev–Trinajstić information content (AvgIpc) is 2.28. The first-order chi connectivity index (χ1) is 9.46. The van der Waals surface area contributed by atoms with Crippen LogP contribution in [0.25, 0.3) is 0 Å². The Morgan fingerprint density at radius 1 is 1.35 bits per heavy atom. The molecule has 2 rings (SSSR count). The number of anilines is 1. The molecule has 1 aliphatic carbocycles. The lowest BCUT2D eigenvalue weighted by Crippen LogP contribution is -2.41. The van der Waals surface area contributed by atoms with E-state index >= 15 is 0 Å². The lowest BCUT2D eigenvalue weighted by molar-refractivity contribution is 0.260. The number of nitrogens with two attached hydrogens (primary N) is 1. The predicted octanol–water partition coefficient (Wildman–Crippen LogP) is 2.47. The molecule has 1 aliphatic rings. The van der Waals surface area contributed by atoms with Crippen molar-refractivity contribution in [1.82, 2.24) is 4.72 Å². The van der Waals surface area contributed by atoms with Crippen molar-refractivity contribution in [3.8, 4) is 0 Å². The van der Waals surface area contributed by atoms with E-state index < -0.39 is 10.0 Å². The zero-order chi connectivity index (χ0) is 14.6. The van der Waals surface area contributed by atoms with Gasteiger partial charge < -0.3 is 5.73 Å². The Morgan fingerprint density at radius 3 is 2.55 bits per heavy atom. The third-order valence-corrected chi connectivity index (χ3v) is 6.47. The van der Waals surface area contributed by atoms with E-state index in [0.29, 0.717) is 11.7 Å². The van der Waals surface area contributed by atoms with Crippen LogP contribution in [0.5, 0.6) is 0 Å². The van der Waals surface area contributed by atoms with Crippen molar-refractivity contribution in [2.24, 2.45) is 5.92 Å². The fraction of sp³-hybridized carbons (Fsp3) is 0.571. The minimum Gasteiger partial charge on any atom is -0.399 e. The van der Waals surface area contributed by atoms with E-state index in [1.54, 1.807) is 0 Å². The van der Waals surface area contributed by atoms with Crippen LogP contribution in [0.2, 0.25) is 0 Å². The molecule has 0 radical (unpaired) electrons. The van der Waals surface area contributed by atoms with Crippen molar-refractivity contribution in [2.45, 2.75) is 37.1 Å². The maximum Gasteiger partial charge on any atom is 0.212 e. The van der Waals surface area contributed by atoms with E-state index in [1.165, 1.54) is 18.2 Å². The number of hydrogen-bond donors (Lipinski definition) is 2. The average molecular weight is 314 g/mol. The molecule has 0 bridgehead atoms. The molecule has 1 unspecified atom stereocenters. The lowest BCUT2D eigenvalue weighted by Gasteiger charge is -2.31. The standard InChI is InChI=1S/C14H22N2O2S2/c1-11(12-3-2-4-12)16-20(17,18)10-9-19-14-7-5-13(15)6-8-14/h5-8,11-12,16H,2-4,9-10,15H2,1H3. The van der Waals surface area contributed by atoms with Crippen molar-refractivity contribution >= 4 is 27.5 Å². The number of nitrogens with one attached hydrogen (secondary N) is 1. The molecule has 3 N–H and O–H groups in total. The number of hydrogen-bond acceptors (Lipinski definition) is 4. The van der Waals surface area contributed by atoms with Gasteiger partial charge in [-0.3, -0.25) is 0 Å². The second-order valence-corrected chi connectivity index (χ2v) is 8.38. The topological polar surface area (TPSA) is 72.2 Å². The summed E-state index contributed by atoms with van der Waals surface area (Å²) in [5, 5.41) is 0. The molecule has 20 heavy (non-hydrogen) atoms. The zero-order valence-corrected chi connectivity index (χ0v) is 13.3. The molecule has 0 aromatic heterocycles. The Balaban J connectivity index is 1.75. The number of rotatable bonds is 7. The number of benzene rings is 1. The highest BCUT2D eigenvalue weighted by molar-refractivity contribution is 8.00. The Bertz CT molecular complexity index is 525. The van der Waals surface area contributed by atoms with Crippen LogP contribution in [-0.4, -0.2) is 26.0 Å². The van der Waals surface area contributed by atoms with Crippen molar-refractivity contribution in [3.63, 3.8) is 0 Å². The fourth-order valence-corrected chi connectivity index (χ4v) is 4.86. The molecule has 1 aromatic carbocycles. The number of sulfonamides is 1. The molecule has 6 heteroatoms. The molecular formula is C14H22N2O2S2. The normalized spacial score (nSPS) is 17.6. The first kappa shape index (κ1) is 15.7. The molecular weight excluding hydrogens is 292 g/mol. The summed E-state index contributed by atoms with van der Waals surface area (Å²) in [5.74, 6) is 1.23. The first-order valence-electron chi connectivity index (χ1n) is 6.94. The monoisotopic (exact) mass is 314 g/mol. The molecule has 0 amide bonds. The second kappa shape index (κ2) is 6.83. The molecule has 112 valence electrons. The largest absolute Gasteiger partial charge is 0.399 e. The minimum absolute atomic E-state index is 0.0651. The third-order valence-electron chi connectivity index (χ3n) is 3.72. The highest BCUT2D eigenvalue weighted by Crippen LogP contribution is 2.29. The van der Waals surface area contributed by atoms with Gasteiger partial charge in [0.25, 0.3) is 0 Å². The van der Waals surface area contributed by atoms with Crippen LogP contribution in [0.3, 0.4) is 0 Å². The molecule has 0 saturated heterocycles. The Labute approximate surface area is 125 Å². The lowest BCUT2D eigenvalue weighted by atomic mass is 9.81. The molecule has 1 fully saturated rings. The SMILES string of the molecule is CC(NS(=O)(=O)CCSc1ccc(N)cc1)C1CCC1. The first-order valence-corrected chi connectivity index (χ1v) is 9.58. The van der Waals surface area contributed by atoms with Gasteiger partial charge in [0.2, 0.25) is 10.0 Å². The molecule has 0 aliphatic heterocycles. The number of thioether (sulfide) groups is 1. The van der Waals surface area contributed by atoms with Crippen LogP contribution in [0.15, 0.2) is 29.2 Å². The summed E-state index contributed by atoms with van der Waals surface area (Å²) in [6, 6.07) is 7.55. The van der Waals surface area contributed by atoms with Gasteiger partial charge >= 0.3 is 0 Å². The van der Waals surface area contributed by atoms with Gasteiger partial charge in [0.15, 0.2) is 0 Å². The summed E-state index contributed by atoms with van der Waals surface area (Å²) in [4.78, 5) is 1.04. The second-order valence-electron chi connectivity index (χ2n) is 5.33. The molecule has 4 nitrogen and oxygen atoms in total. The van der Waals surface area contributed by atoms with E-state index in [-0.39, 0.29) is 11.8 Å². The third kappa shape index (κ3) is 4.68. The van der Waals surface area contributed by atoms with Crippen molar-refractivity contribution < 1.29 is 8.42 Å². The molecule has 0 spiro atoms. The summed E-state index contributed by atoms with van der Waals surface area (Å²) in [5.41, 5.74) is 6.33. The Hall–Kier alpha value is -0.720. The molecule has 1 saturated carbocycles. The van der Waals surface area contributed by atoms with Crippen LogP contribution in [-0.2, 0) is 10.0 Å². The van der Waals surface area contributed by atoms with Crippen molar-refractivity contribution in [2.75, 3.05) is 17.2 Å². The summed E-state index contributed by atoms with van der Waals surface area (Å²) in [6.45, 7) is 1.97. The van der Waals surface area contributed by atoms with Crippen molar-refractivity contribution in [3.05, 3.63) is 24.3 Å². The Morgan fingerprint density at radius 2 is 2.00 bits per heavy atom. The quantitative estimate of drug-likeness (QED) is 0.599. The molecule has 0 heterocycles. The fourth-order valence-electron chi connectivity index (χ4n) is 2.21. The van der Waals surface area contributed by atoms with Gasteiger partial charge in [0.05, 0.1) is 5.75 Å². The van der Waals surface area contributed by atoms with Crippen LogP contribution in [0.1, 0.15) is 26.2 Å². The van der Waals surface area contributed by atoms with Crippen molar-refractivity contribution in [1.29, 1.82) is 0 Å². The van der Waals surface area contributed by atoms with Crippen LogP contribution >= 0.6 is 11.8 Å². The van der Waals surface area contributed by atoms with Gasteiger partial charge in [0, 0.05) is 22.4 Å². The van der Waals surface area contributed by atoms with Gasteiger partial charge in [-0.25, -0.2) is 13.1 Å². The summed E-state index contributed by atoms with van der Waals surface area (Å²) < 4.78 is 26.8. The maximum atomic E-state index is 12.0. The highest BCUT2D eigenvalue weighted by Gasteiger charge is 2.26. The zero-order valence-electron chi connectivity index (χ0n) is 11.7. The predicted molar refractivity (Wildman–Crippen MR) is 85.3 cm³/mol. The number of nitrogen functional groups attached to an aromatic ring is 1. The van der Waals surface area contributed by atoms with Gasteiger partial charge in [-0.1, -0.05) is 6.42 Å². The van der Waals surface area contributed by atoms with Gasteiger partial charge in [-0.2, -0.15) is 0 Å². The summed E-state index contributed by atoms with van der Waals surface area (Å²) in [7, 11) is -3.18. The molecule has 1 aromatic rings. The smallest absolute Gasteiger partial charge is 0.212 e. The van der Waals surface area contributed by atoms with Crippen LogP contribution in [0, 0.1) is 5.92 Å². The highest BCUT2D eigenvalue weighted by atomic mass is 32.2. The van der Waals surface area contributed by atoms with Gasteiger partial charge in [-0.05, 0) is 49.9 Å². The van der Waals surface area contributed by atoms with Crippen LogP contribution < -0.4 is 10.5 Å². The van der Waals surface area contributed by atoms with Gasteiger partial charge in [0.1, 0.15) is 0 Å². The molecule has 1 atom stereocenters. The summed E-state index contributed by atoms with van der Waals surface area (Å²) >= 11 is 1.54. The van der Waals surface area contributed by atoms with E-state index in [0.717, 1.165) is 23.4 Å². The van der Waals surface area contributed by atoms with Gasteiger partial charge in [-0.15, -0.1) is 11.8 Å². The van der Waals surface area contributed by atoms with E-state index in [2.05, 4.69) is 4.72 Å².